The number of aryl methyl sites for hydroxylation is 2. The van der Waals surface area contributed by atoms with Gasteiger partial charge in [-0.2, -0.15) is 0 Å². The van der Waals surface area contributed by atoms with E-state index in [0.717, 1.165) is 22.9 Å². The number of ether oxygens (including phenoxy) is 2. The van der Waals surface area contributed by atoms with E-state index in [-0.39, 0.29) is 17.1 Å². The Hall–Kier alpha value is -4.19. The molecule has 184 valence electrons. The lowest BCUT2D eigenvalue weighted by atomic mass is 10.00. The summed E-state index contributed by atoms with van der Waals surface area (Å²) in [5.41, 5.74) is 4.10. The molecule has 0 fully saturated rings. The first-order valence-corrected chi connectivity index (χ1v) is 11.6. The average molecular weight is 487 g/mol. The van der Waals surface area contributed by atoms with E-state index < -0.39 is 11.8 Å². The maximum atomic E-state index is 15.6. The van der Waals surface area contributed by atoms with E-state index in [0.29, 0.717) is 46.4 Å². The molecular weight excluding hydrogens is 459 g/mol. The number of carbonyl (C=O) groups is 2. The molecule has 3 aromatic carbocycles. The fraction of sp³-hybridized carbons (Fsp3) is 0.200. The minimum absolute atomic E-state index is 0.150. The number of carbonyl (C=O) groups excluding carboxylic acids is 2. The topological polar surface area (TPSA) is 65.7 Å². The molecule has 0 spiro atoms. The minimum Gasteiger partial charge on any atom is -0.462 e. The van der Waals surface area contributed by atoms with Crippen molar-refractivity contribution in [2.24, 2.45) is 0 Å². The third-order valence-corrected chi connectivity index (χ3v) is 5.96. The zero-order valence-electron chi connectivity index (χ0n) is 20.6. The molecule has 0 radical (unpaired) electrons. The zero-order chi connectivity index (χ0) is 26.0. The standard InChI is InChI=1S/C30H27FO5/c1-17(2)29(32)34-16-6-7-20-8-10-21(11-9-20)22-12-13-24-23-14-15-25(35-30(33)18(3)4)19(5)27(23)36-28(24)26(22)31/h8-15H,1,3,6-7,16H2,2,4-5H3. The summed E-state index contributed by atoms with van der Waals surface area (Å²) in [7, 11) is 0. The van der Waals surface area contributed by atoms with Gasteiger partial charge in [0, 0.05) is 33.0 Å². The minimum atomic E-state index is -0.529. The van der Waals surface area contributed by atoms with Crippen molar-refractivity contribution in [1.29, 1.82) is 0 Å². The lowest BCUT2D eigenvalue weighted by molar-refractivity contribution is -0.139. The molecule has 0 N–H and O–H groups in total. The molecule has 0 saturated heterocycles. The molecule has 4 rings (SSSR count). The zero-order valence-corrected chi connectivity index (χ0v) is 20.6. The molecular formula is C30H27FO5. The average Bonchev–Trinajstić information content (AvgIpc) is 3.24. The van der Waals surface area contributed by atoms with Crippen LogP contribution in [0.15, 0.2) is 77.3 Å². The summed E-state index contributed by atoms with van der Waals surface area (Å²) in [6.45, 7) is 12.4. The van der Waals surface area contributed by atoms with Crippen LogP contribution in [0.3, 0.4) is 0 Å². The number of fused-ring (bicyclic) bond motifs is 3. The molecule has 0 amide bonds. The first-order chi connectivity index (χ1) is 17.2. The Bertz CT molecular complexity index is 1510. The van der Waals surface area contributed by atoms with Crippen LogP contribution >= 0.6 is 0 Å². The summed E-state index contributed by atoms with van der Waals surface area (Å²) in [6, 6.07) is 14.6. The lowest BCUT2D eigenvalue weighted by Gasteiger charge is -2.07. The number of hydrogen-bond donors (Lipinski definition) is 0. The first-order valence-electron chi connectivity index (χ1n) is 11.6. The number of benzene rings is 3. The molecule has 6 heteroatoms. The number of halogens is 1. The summed E-state index contributed by atoms with van der Waals surface area (Å²) in [5.74, 6) is -1.03. The van der Waals surface area contributed by atoms with Gasteiger partial charge in [0.05, 0.1) is 6.61 Å². The quantitative estimate of drug-likeness (QED) is 0.114. The van der Waals surface area contributed by atoms with Crippen LogP contribution in [0.25, 0.3) is 33.1 Å². The number of hydrogen-bond acceptors (Lipinski definition) is 5. The van der Waals surface area contributed by atoms with Gasteiger partial charge in [-0.15, -0.1) is 0 Å². The molecule has 0 aliphatic carbocycles. The third kappa shape index (κ3) is 4.93. The van der Waals surface area contributed by atoms with Gasteiger partial charge in [-0.25, -0.2) is 14.0 Å². The van der Waals surface area contributed by atoms with Crippen LogP contribution in [-0.2, 0) is 20.7 Å². The van der Waals surface area contributed by atoms with Gasteiger partial charge in [-0.3, -0.25) is 0 Å². The highest BCUT2D eigenvalue weighted by Crippen LogP contribution is 2.38. The van der Waals surface area contributed by atoms with Crippen molar-refractivity contribution in [3.8, 4) is 16.9 Å². The van der Waals surface area contributed by atoms with Crippen molar-refractivity contribution < 1.29 is 27.9 Å². The summed E-state index contributed by atoms with van der Waals surface area (Å²) < 4.78 is 32.0. The Morgan fingerprint density at radius 2 is 1.53 bits per heavy atom. The second kappa shape index (κ2) is 10.2. The normalized spacial score (nSPS) is 11.0. The molecule has 5 nitrogen and oxygen atoms in total. The van der Waals surface area contributed by atoms with Gasteiger partial charge in [0.1, 0.15) is 11.3 Å². The summed E-state index contributed by atoms with van der Waals surface area (Å²) in [6.07, 6.45) is 1.41. The summed E-state index contributed by atoms with van der Waals surface area (Å²) in [4.78, 5) is 23.4. The fourth-order valence-corrected chi connectivity index (χ4v) is 3.92. The van der Waals surface area contributed by atoms with Gasteiger partial charge in [0.15, 0.2) is 11.4 Å². The van der Waals surface area contributed by atoms with Gasteiger partial charge in [-0.05, 0) is 62.9 Å². The van der Waals surface area contributed by atoms with E-state index in [9.17, 15) is 9.59 Å². The maximum absolute atomic E-state index is 15.6. The second-order valence-corrected chi connectivity index (χ2v) is 8.86. The van der Waals surface area contributed by atoms with E-state index in [4.69, 9.17) is 13.9 Å². The SMILES string of the molecule is C=C(C)C(=O)OCCCc1ccc(-c2ccc3c(oc4c(C)c(OC(=O)C(=C)C)ccc43)c2F)cc1. The van der Waals surface area contributed by atoms with Crippen LogP contribution in [0.2, 0.25) is 0 Å². The number of esters is 2. The number of furan rings is 1. The van der Waals surface area contributed by atoms with E-state index in [1.165, 1.54) is 0 Å². The highest BCUT2D eigenvalue weighted by atomic mass is 19.1. The van der Waals surface area contributed by atoms with Gasteiger partial charge in [0.25, 0.3) is 0 Å². The van der Waals surface area contributed by atoms with E-state index in [1.54, 1.807) is 39.0 Å². The molecule has 0 unspecified atom stereocenters. The molecule has 0 aliphatic rings. The van der Waals surface area contributed by atoms with Gasteiger partial charge < -0.3 is 13.9 Å². The van der Waals surface area contributed by atoms with Gasteiger partial charge in [-0.1, -0.05) is 43.5 Å². The van der Waals surface area contributed by atoms with Gasteiger partial charge >= 0.3 is 11.9 Å². The van der Waals surface area contributed by atoms with Crippen molar-refractivity contribution in [2.45, 2.75) is 33.6 Å². The van der Waals surface area contributed by atoms with Gasteiger partial charge in [0.2, 0.25) is 0 Å². The largest absolute Gasteiger partial charge is 0.462 e. The molecule has 4 aromatic rings. The molecule has 0 saturated carbocycles. The van der Waals surface area contributed by atoms with Crippen LogP contribution in [0.4, 0.5) is 4.39 Å². The van der Waals surface area contributed by atoms with Crippen molar-refractivity contribution >= 4 is 33.9 Å². The van der Waals surface area contributed by atoms with Crippen molar-refractivity contribution in [2.75, 3.05) is 6.61 Å². The Morgan fingerprint density at radius 3 is 2.19 bits per heavy atom. The highest BCUT2D eigenvalue weighted by Gasteiger charge is 2.19. The Morgan fingerprint density at radius 1 is 0.889 bits per heavy atom. The summed E-state index contributed by atoms with van der Waals surface area (Å²) >= 11 is 0. The Balaban J connectivity index is 1.57. The van der Waals surface area contributed by atoms with Crippen LogP contribution in [-0.4, -0.2) is 18.5 Å². The maximum Gasteiger partial charge on any atom is 0.338 e. The highest BCUT2D eigenvalue weighted by molar-refractivity contribution is 6.08. The van der Waals surface area contributed by atoms with Crippen LogP contribution in [0.1, 0.15) is 31.4 Å². The van der Waals surface area contributed by atoms with E-state index >= 15 is 4.39 Å². The molecule has 0 aliphatic heterocycles. The molecule has 0 atom stereocenters. The predicted octanol–water partition coefficient (Wildman–Crippen LogP) is 7.23. The summed E-state index contributed by atoms with van der Waals surface area (Å²) in [5, 5.41) is 1.39. The van der Waals surface area contributed by atoms with E-state index in [1.807, 2.05) is 30.3 Å². The molecule has 1 heterocycles. The fourth-order valence-electron chi connectivity index (χ4n) is 3.92. The Kier molecular flexibility index (Phi) is 7.06. The van der Waals surface area contributed by atoms with Crippen LogP contribution < -0.4 is 4.74 Å². The van der Waals surface area contributed by atoms with E-state index in [2.05, 4.69) is 13.2 Å². The molecule has 36 heavy (non-hydrogen) atoms. The monoisotopic (exact) mass is 486 g/mol. The lowest BCUT2D eigenvalue weighted by Crippen LogP contribution is -2.08. The van der Waals surface area contributed by atoms with Crippen molar-refractivity contribution in [3.63, 3.8) is 0 Å². The second-order valence-electron chi connectivity index (χ2n) is 8.86. The van der Waals surface area contributed by atoms with Crippen LogP contribution in [0.5, 0.6) is 5.75 Å². The predicted molar refractivity (Wildman–Crippen MR) is 138 cm³/mol. The molecule has 1 aromatic heterocycles. The van der Waals surface area contributed by atoms with Crippen molar-refractivity contribution in [1.82, 2.24) is 0 Å². The third-order valence-electron chi connectivity index (χ3n) is 5.96. The van der Waals surface area contributed by atoms with Crippen molar-refractivity contribution in [3.05, 3.63) is 89.8 Å². The molecule has 0 bridgehead atoms. The Labute approximate surface area is 208 Å². The van der Waals surface area contributed by atoms with Crippen LogP contribution in [0, 0.1) is 12.7 Å². The smallest absolute Gasteiger partial charge is 0.338 e. The first kappa shape index (κ1) is 24.9. The number of rotatable bonds is 8.